The summed E-state index contributed by atoms with van der Waals surface area (Å²) in [7, 11) is 3.64. The molecule has 0 saturated heterocycles. The minimum absolute atomic E-state index is 0.159. The summed E-state index contributed by atoms with van der Waals surface area (Å²) in [5.41, 5.74) is 3.15. The quantitative estimate of drug-likeness (QED) is 0.645. The Balaban J connectivity index is 1.68. The summed E-state index contributed by atoms with van der Waals surface area (Å²) in [5.74, 6) is 2.31. The largest absolute Gasteiger partial charge is 0.492 e. The fourth-order valence-electron chi connectivity index (χ4n) is 4.40. The molecule has 10 heteroatoms. The number of tetrazole rings is 1. The predicted octanol–water partition coefficient (Wildman–Crippen LogP) is 1.73. The van der Waals surface area contributed by atoms with Crippen molar-refractivity contribution in [3.63, 3.8) is 0 Å². The standard InChI is InChI=1S/C22H24N6O4/c1-4-23-22(29)14-7-5-6-8-15(14)28-21(24-25-26-28)18-17-13(9-10-27(18)2)11-16-19(20(17)30-3)32-12-31-16/h5-8,11,18H,4,9-10,12H2,1-3H3,(H,23,29)/t18-/m0/s1. The van der Waals surface area contributed by atoms with Crippen molar-refractivity contribution in [1.82, 2.24) is 30.4 Å². The maximum atomic E-state index is 12.7. The zero-order valence-corrected chi connectivity index (χ0v) is 18.2. The van der Waals surface area contributed by atoms with Crippen molar-refractivity contribution in [3.8, 4) is 22.9 Å². The molecule has 0 fully saturated rings. The summed E-state index contributed by atoms with van der Waals surface area (Å²) in [6, 6.07) is 9.00. The number of fused-ring (bicyclic) bond motifs is 2. The lowest BCUT2D eigenvalue weighted by atomic mass is 9.90. The maximum Gasteiger partial charge on any atom is 0.253 e. The van der Waals surface area contributed by atoms with Gasteiger partial charge in [0.25, 0.3) is 5.91 Å². The molecule has 3 aromatic rings. The van der Waals surface area contributed by atoms with Crippen LogP contribution in [0.4, 0.5) is 0 Å². The molecule has 0 unspecified atom stereocenters. The second-order valence-corrected chi connectivity index (χ2v) is 7.68. The van der Waals surface area contributed by atoms with E-state index in [1.165, 1.54) is 0 Å². The first-order valence-electron chi connectivity index (χ1n) is 10.5. The number of carbonyl (C=O) groups excluding carboxylic acids is 1. The second-order valence-electron chi connectivity index (χ2n) is 7.68. The number of ether oxygens (including phenoxy) is 3. The molecule has 2 aliphatic heterocycles. The highest BCUT2D eigenvalue weighted by Crippen LogP contribution is 2.50. The van der Waals surface area contributed by atoms with Crippen molar-refractivity contribution in [2.24, 2.45) is 0 Å². The van der Waals surface area contributed by atoms with Crippen molar-refractivity contribution >= 4 is 5.91 Å². The summed E-state index contributed by atoms with van der Waals surface area (Å²) < 4.78 is 18.7. The lowest BCUT2D eigenvalue weighted by molar-refractivity contribution is 0.0955. The number of likely N-dealkylation sites (N-methyl/N-ethyl adjacent to an activating group) is 1. The molecule has 3 heterocycles. The van der Waals surface area contributed by atoms with Crippen LogP contribution >= 0.6 is 0 Å². The zero-order valence-electron chi connectivity index (χ0n) is 18.2. The van der Waals surface area contributed by atoms with Crippen LogP contribution in [-0.4, -0.2) is 65.1 Å². The van der Waals surface area contributed by atoms with Crippen LogP contribution in [0.1, 0.15) is 40.3 Å². The summed E-state index contributed by atoms with van der Waals surface area (Å²) in [6.45, 7) is 3.37. The van der Waals surface area contributed by atoms with Crippen molar-refractivity contribution in [2.75, 3.05) is 34.0 Å². The smallest absolute Gasteiger partial charge is 0.253 e. The lowest BCUT2D eigenvalue weighted by Crippen LogP contribution is -2.35. The minimum atomic E-state index is -0.305. The van der Waals surface area contributed by atoms with Crippen LogP contribution < -0.4 is 19.5 Å². The summed E-state index contributed by atoms with van der Waals surface area (Å²) in [4.78, 5) is 14.9. The molecule has 10 nitrogen and oxygen atoms in total. The average Bonchev–Trinajstić information content (AvgIpc) is 3.47. The van der Waals surface area contributed by atoms with Gasteiger partial charge in [-0.3, -0.25) is 9.69 Å². The van der Waals surface area contributed by atoms with Crippen LogP contribution in [0.25, 0.3) is 5.69 Å². The second kappa shape index (κ2) is 8.12. The third-order valence-electron chi connectivity index (χ3n) is 5.85. The van der Waals surface area contributed by atoms with Gasteiger partial charge >= 0.3 is 0 Å². The number of aromatic nitrogens is 4. The number of carbonyl (C=O) groups is 1. The Morgan fingerprint density at radius 2 is 2.16 bits per heavy atom. The fourth-order valence-corrected chi connectivity index (χ4v) is 4.40. The van der Waals surface area contributed by atoms with Gasteiger partial charge in [-0.05, 0) is 54.6 Å². The minimum Gasteiger partial charge on any atom is -0.492 e. The van der Waals surface area contributed by atoms with E-state index in [9.17, 15) is 4.79 Å². The van der Waals surface area contributed by atoms with Gasteiger partial charge in [0.2, 0.25) is 12.5 Å². The fraction of sp³-hybridized carbons (Fsp3) is 0.364. The van der Waals surface area contributed by atoms with Gasteiger partial charge in [-0.25, -0.2) is 0 Å². The van der Waals surface area contributed by atoms with Gasteiger partial charge in [-0.1, -0.05) is 12.1 Å². The molecule has 0 spiro atoms. The molecule has 0 radical (unpaired) electrons. The van der Waals surface area contributed by atoms with E-state index in [4.69, 9.17) is 14.2 Å². The van der Waals surface area contributed by atoms with Crippen LogP contribution in [0, 0.1) is 0 Å². The molecule has 1 amide bonds. The van der Waals surface area contributed by atoms with E-state index >= 15 is 0 Å². The molecule has 32 heavy (non-hydrogen) atoms. The van der Waals surface area contributed by atoms with Crippen LogP contribution in [-0.2, 0) is 6.42 Å². The monoisotopic (exact) mass is 436 g/mol. The number of hydrogen-bond donors (Lipinski definition) is 1. The third-order valence-corrected chi connectivity index (χ3v) is 5.85. The number of nitrogens with one attached hydrogen (secondary N) is 1. The van der Waals surface area contributed by atoms with Crippen molar-refractivity contribution in [1.29, 1.82) is 0 Å². The van der Waals surface area contributed by atoms with Gasteiger partial charge in [-0.2, -0.15) is 4.68 Å². The number of para-hydroxylation sites is 1. The number of benzene rings is 2. The summed E-state index contributed by atoms with van der Waals surface area (Å²) in [6.07, 6.45) is 0.826. The van der Waals surface area contributed by atoms with Crippen molar-refractivity contribution < 1.29 is 19.0 Å². The molecule has 2 aromatic carbocycles. The Morgan fingerprint density at radius 1 is 1.31 bits per heavy atom. The van der Waals surface area contributed by atoms with E-state index in [0.717, 1.165) is 24.1 Å². The highest BCUT2D eigenvalue weighted by molar-refractivity contribution is 5.97. The normalized spacial score (nSPS) is 17.2. The Bertz CT molecular complexity index is 1180. The van der Waals surface area contributed by atoms with Crippen LogP contribution in [0.3, 0.4) is 0 Å². The highest BCUT2D eigenvalue weighted by atomic mass is 16.7. The van der Waals surface area contributed by atoms with E-state index in [-0.39, 0.29) is 18.7 Å². The Morgan fingerprint density at radius 3 is 2.97 bits per heavy atom. The first-order chi connectivity index (χ1) is 15.6. The van der Waals surface area contributed by atoms with Crippen molar-refractivity contribution in [3.05, 3.63) is 52.8 Å². The van der Waals surface area contributed by atoms with Gasteiger partial charge in [-0.15, -0.1) is 5.10 Å². The predicted molar refractivity (Wildman–Crippen MR) is 114 cm³/mol. The van der Waals surface area contributed by atoms with E-state index < -0.39 is 0 Å². The Hall–Kier alpha value is -3.66. The molecule has 0 saturated carbocycles. The molecule has 1 N–H and O–H groups in total. The van der Waals surface area contributed by atoms with Crippen LogP contribution in [0.15, 0.2) is 30.3 Å². The summed E-state index contributed by atoms with van der Waals surface area (Å²) in [5, 5.41) is 15.4. The molecule has 0 aliphatic carbocycles. The van der Waals surface area contributed by atoms with Gasteiger partial charge in [0, 0.05) is 18.7 Å². The topological polar surface area (TPSA) is 104 Å². The lowest BCUT2D eigenvalue weighted by Gasteiger charge is -2.34. The first kappa shape index (κ1) is 20.3. The third kappa shape index (κ3) is 3.14. The molecule has 2 aliphatic rings. The van der Waals surface area contributed by atoms with Gasteiger partial charge in [0.1, 0.15) is 6.04 Å². The molecule has 1 atom stereocenters. The Labute approximate surface area is 185 Å². The molecule has 166 valence electrons. The number of hydrogen-bond acceptors (Lipinski definition) is 8. The first-order valence-corrected chi connectivity index (χ1v) is 10.5. The van der Waals surface area contributed by atoms with E-state index in [0.29, 0.717) is 40.9 Å². The van der Waals surface area contributed by atoms with Crippen LogP contribution in [0.5, 0.6) is 17.2 Å². The maximum absolute atomic E-state index is 12.7. The van der Waals surface area contributed by atoms with E-state index in [2.05, 4.69) is 25.7 Å². The molecule has 1 aromatic heterocycles. The molecular weight excluding hydrogens is 412 g/mol. The number of nitrogens with zero attached hydrogens (tertiary/aromatic N) is 5. The average molecular weight is 436 g/mol. The highest BCUT2D eigenvalue weighted by Gasteiger charge is 2.38. The van der Waals surface area contributed by atoms with Crippen molar-refractivity contribution in [2.45, 2.75) is 19.4 Å². The Kier molecular flexibility index (Phi) is 5.14. The number of amides is 1. The molecular formula is C22H24N6O4. The van der Waals surface area contributed by atoms with Crippen LogP contribution in [0.2, 0.25) is 0 Å². The number of rotatable bonds is 5. The molecule has 5 rings (SSSR count). The molecule has 0 bridgehead atoms. The van der Waals surface area contributed by atoms with E-state index in [1.54, 1.807) is 17.9 Å². The van der Waals surface area contributed by atoms with Gasteiger partial charge in [0.05, 0.1) is 18.4 Å². The summed E-state index contributed by atoms with van der Waals surface area (Å²) >= 11 is 0. The van der Waals surface area contributed by atoms with E-state index in [1.807, 2.05) is 38.2 Å². The zero-order chi connectivity index (χ0) is 22.2. The van der Waals surface area contributed by atoms with Gasteiger partial charge < -0.3 is 19.5 Å². The SMILES string of the molecule is CCNC(=O)c1ccccc1-n1nnnc1[C@@H]1c2c(cc3c(c2OC)OCO3)CCN1C. The number of methoxy groups -OCH3 is 1. The van der Waals surface area contributed by atoms with Gasteiger partial charge in [0.15, 0.2) is 17.3 Å².